The van der Waals surface area contributed by atoms with Gasteiger partial charge in [0.05, 0.1) is 5.52 Å². The molecular formula is C13H11N5. The van der Waals surface area contributed by atoms with E-state index in [0.717, 1.165) is 11.2 Å². The highest BCUT2D eigenvalue weighted by Crippen LogP contribution is 1.98. The summed E-state index contributed by atoms with van der Waals surface area (Å²) in [6.07, 6.45) is 7.11. The maximum Gasteiger partial charge on any atom is 0.155 e. The predicted molar refractivity (Wildman–Crippen MR) is 68.2 cm³/mol. The lowest BCUT2D eigenvalue weighted by Crippen LogP contribution is -1.82. The topological polar surface area (TPSA) is 47.5 Å². The van der Waals surface area contributed by atoms with E-state index >= 15 is 0 Å². The van der Waals surface area contributed by atoms with Gasteiger partial charge in [-0.05, 0) is 30.3 Å². The Labute approximate surface area is 103 Å². The molecule has 0 aliphatic rings. The summed E-state index contributed by atoms with van der Waals surface area (Å²) in [7, 11) is 0. The summed E-state index contributed by atoms with van der Waals surface area (Å²) in [5.41, 5.74) is 2.02. The molecule has 0 atom stereocenters. The number of hydrogen-bond acceptors (Lipinski definition) is 3. The quantitative estimate of drug-likeness (QED) is 0.470. The minimum absolute atomic E-state index is 0.887. The monoisotopic (exact) mass is 237 g/mol. The van der Waals surface area contributed by atoms with Crippen LogP contribution >= 0.6 is 0 Å². The van der Waals surface area contributed by atoms with Gasteiger partial charge < -0.3 is 0 Å². The van der Waals surface area contributed by atoms with Crippen LogP contribution in [0, 0.1) is 0 Å². The molecule has 0 bridgehead atoms. The first-order chi connectivity index (χ1) is 8.93. The van der Waals surface area contributed by atoms with E-state index in [1.54, 1.807) is 10.7 Å². The number of nitrogens with zero attached hydrogens (tertiary/aromatic N) is 5. The predicted octanol–water partition coefficient (Wildman–Crippen LogP) is 2.06. The second-order valence-electron chi connectivity index (χ2n) is 3.66. The summed E-state index contributed by atoms with van der Waals surface area (Å²) in [5, 5.41) is 7.96. The summed E-state index contributed by atoms with van der Waals surface area (Å²) >= 11 is 0. The molecule has 4 aromatic rings. The first-order valence-corrected chi connectivity index (χ1v) is 5.56. The Hall–Kier alpha value is -2.69. The SMILES string of the molecule is c1ccn2nccc2c1.c1ccn2ncnc2c1. The van der Waals surface area contributed by atoms with E-state index in [-0.39, 0.29) is 0 Å². The van der Waals surface area contributed by atoms with Gasteiger partial charge in [-0.1, -0.05) is 12.1 Å². The third-order valence-electron chi connectivity index (χ3n) is 2.49. The molecule has 0 fully saturated rings. The molecule has 0 aliphatic carbocycles. The molecule has 0 unspecified atom stereocenters. The van der Waals surface area contributed by atoms with E-state index in [4.69, 9.17) is 0 Å². The minimum atomic E-state index is 0.887. The second-order valence-corrected chi connectivity index (χ2v) is 3.66. The summed E-state index contributed by atoms with van der Waals surface area (Å²) in [6.45, 7) is 0. The van der Waals surface area contributed by atoms with Gasteiger partial charge in [0.25, 0.3) is 0 Å². The normalized spacial score (nSPS) is 10.2. The van der Waals surface area contributed by atoms with E-state index in [0.29, 0.717) is 0 Å². The third kappa shape index (κ3) is 2.06. The van der Waals surface area contributed by atoms with Gasteiger partial charge in [0, 0.05) is 18.6 Å². The summed E-state index contributed by atoms with van der Waals surface area (Å²) in [6, 6.07) is 13.7. The van der Waals surface area contributed by atoms with Crippen LogP contribution in [-0.2, 0) is 0 Å². The second kappa shape index (κ2) is 4.67. The molecule has 4 aromatic heterocycles. The van der Waals surface area contributed by atoms with Crippen molar-refractivity contribution in [1.82, 2.24) is 24.2 Å². The van der Waals surface area contributed by atoms with Crippen molar-refractivity contribution < 1.29 is 0 Å². The number of rotatable bonds is 0. The molecule has 0 spiro atoms. The van der Waals surface area contributed by atoms with Crippen molar-refractivity contribution in [3.05, 3.63) is 67.4 Å². The van der Waals surface area contributed by atoms with Crippen LogP contribution in [0.2, 0.25) is 0 Å². The van der Waals surface area contributed by atoms with Gasteiger partial charge in [-0.15, -0.1) is 0 Å². The molecule has 5 nitrogen and oxygen atoms in total. The Kier molecular flexibility index (Phi) is 2.71. The van der Waals surface area contributed by atoms with Crippen LogP contribution in [0.5, 0.6) is 0 Å². The maximum atomic E-state index is 4.04. The van der Waals surface area contributed by atoms with Crippen LogP contribution in [0.15, 0.2) is 67.4 Å². The molecule has 0 amide bonds. The van der Waals surface area contributed by atoms with Crippen LogP contribution in [-0.4, -0.2) is 24.2 Å². The van der Waals surface area contributed by atoms with Crippen molar-refractivity contribution in [2.24, 2.45) is 0 Å². The standard InChI is InChI=1S/C7H6N2.C6H5N3/c1-2-6-9-7(3-1)4-5-8-9;1-2-4-9-6(3-1)7-5-8-9/h1-6H;1-5H. The zero-order chi connectivity index (χ0) is 12.2. The molecule has 0 saturated carbocycles. The lowest BCUT2D eigenvalue weighted by molar-refractivity contribution is 0.961. The minimum Gasteiger partial charge on any atom is -0.241 e. The Balaban J connectivity index is 0.000000111. The molecule has 0 radical (unpaired) electrons. The molecule has 0 aliphatic heterocycles. The fourth-order valence-corrected chi connectivity index (χ4v) is 1.63. The van der Waals surface area contributed by atoms with Gasteiger partial charge >= 0.3 is 0 Å². The number of pyridine rings is 2. The van der Waals surface area contributed by atoms with Gasteiger partial charge in [0.1, 0.15) is 6.33 Å². The Morgan fingerprint density at radius 3 is 2.44 bits per heavy atom. The maximum absolute atomic E-state index is 4.04. The molecule has 4 rings (SSSR count). The van der Waals surface area contributed by atoms with E-state index in [1.165, 1.54) is 6.33 Å². The van der Waals surface area contributed by atoms with Crippen LogP contribution in [0.1, 0.15) is 0 Å². The number of aromatic nitrogens is 5. The lowest BCUT2D eigenvalue weighted by Gasteiger charge is -1.86. The van der Waals surface area contributed by atoms with Gasteiger partial charge in [0.2, 0.25) is 0 Å². The molecule has 4 heterocycles. The molecule has 5 heteroatoms. The molecule has 0 saturated heterocycles. The highest BCUT2D eigenvalue weighted by atomic mass is 15.3. The van der Waals surface area contributed by atoms with E-state index in [2.05, 4.69) is 15.2 Å². The Bertz CT molecular complexity index is 629. The van der Waals surface area contributed by atoms with Crippen molar-refractivity contribution in [3.63, 3.8) is 0 Å². The van der Waals surface area contributed by atoms with Crippen molar-refractivity contribution >= 4 is 11.2 Å². The van der Waals surface area contributed by atoms with E-state index in [1.807, 2.05) is 59.4 Å². The van der Waals surface area contributed by atoms with E-state index in [9.17, 15) is 0 Å². The summed E-state index contributed by atoms with van der Waals surface area (Å²) in [5.74, 6) is 0. The third-order valence-corrected chi connectivity index (χ3v) is 2.49. The fourth-order valence-electron chi connectivity index (χ4n) is 1.63. The lowest BCUT2D eigenvalue weighted by atomic mass is 10.4. The summed E-state index contributed by atoms with van der Waals surface area (Å²) in [4.78, 5) is 3.97. The molecule has 0 aromatic carbocycles. The zero-order valence-electron chi connectivity index (χ0n) is 9.59. The zero-order valence-corrected chi connectivity index (χ0v) is 9.59. The van der Waals surface area contributed by atoms with E-state index < -0.39 is 0 Å². The highest BCUT2D eigenvalue weighted by molar-refractivity contribution is 5.44. The van der Waals surface area contributed by atoms with Crippen LogP contribution < -0.4 is 0 Å². The van der Waals surface area contributed by atoms with Crippen LogP contribution in [0.25, 0.3) is 11.2 Å². The van der Waals surface area contributed by atoms with Gasteiger partial charge in [-0.25, -0.2) is 14.0 Å². The average Bonchev–Trinajstić information content (AvgIpc) is 3.08. The van der Waals surface area contributed by atoms with Gasteiger partial charge in [0.15, 0.2) is 5.65 Å². The molecule has 88 valence electrons. The molecule has 18 heavy (non-hydrogen) atoms. The Morgan fingerprint density at radius 2 is 1.61 bits per heavy atom. The first kappa shape index (κ1) is 10.5. The van der Waals surface area contributed by atoms with Gasteiger partial charge in [-0.2, -0.15) is 10.2 Å². The van der Waals surface area contributed by atoms with Crippen LogP contribution in [0.4, 0.5) is 0 Å². The average molecular weight is 237 g/mol. The molecular weight excluding hydrogens is 226 g/mol. The van der Waals surface area contributed by atoms with Crippen molar-refractivity contribution in [2.45, 2.75) is 0 Å². The Morgan fingerprint density at radius 1 is 0.778 bits per heavy atom. The number of fused-ring (bicyclic) bond motifs is 2. The fraction of sp³-hybridized carbons (Fsp3) is 0. The van der Waals surface area contributed by atoms with Crippen LogP contribution in [0.3, 0.4) is 0 Å². The van der Waals surface area contributed by atoms with Crippen molar-refractivity contribution in [1.29, 1.82) is 0 Å². The first-order valence-electron chi connectivity index (χ1n) is 5.56. The van der Waals surface area contributed by atoms with Gasteiger partial charge in [-0.3, -0.25) is 0 Å². The smallest absolute Gasteiger partial charge is 0.155 e. The highest BCUT2D eigenvalue weighted by Gasteiger charge is 1.87. The number of hydrogen-bond donors (Lipinski definition) is 0. The summed E-state index contributed by atoms with van der Waals surface area (Å²) < 4.78 is 3.56. The van der Waals surface area contributed by atoms with Crippen molar-refractivity contribution in [3.8, 4) is 0 Å². The van der Waals surface area contributed by atoms with Crippen molar-refractivity contribution in [2.75, 3.05) is 0 Å². The molecule has 0 N–H and O–H groups in total. The largest absolute Gasteiger partial charge is 0.241 e.